The van der Waals surface area contributed by atoms with E-state index in [-0.39, 0.29) is 0 Å². The van der Waals surface area contributed by atoms with E-state index in [1.165, 1.54) is 16.4 Å². The molecule has 0 aliphatic carbocycles. The van der Waals surface area contributed by atoms with Crippen molar-refractivity contribution < 1.29 is 0 Å². The lowest BCUT2D eigenvalue weighted by Gasteiger charge is -2.17. The lowest BCUT2D eigenvalue weighted by atomic mass is 9.89. The first kappa shape index (κ1) is 12.3. The predicted octanol–water partition coefficient (Wildman–Crippen LogP) is 2.67. The summed E-state index contributed by atoms with van der Waals surface area (Å²) in [5, 5.41) is 1.22. The fourth-order valence-electron chi connectivity index (χ4n) is 2.15. The quantitative estimate of drug-likeness (QED) is 0.821. The van der Waals surface area contributed by atoms with Gasteiger partial charge in [-0.2, -0.15) is 0 Å². The van der Waals surface area contributed by atoms with E-state index in [2.05, 4.69) is 63.8 Å². The van der Waals surface area contributed by atoms with E-state index in [0.717, 1.165) is 6.42 Å². The average molecular weight is 243 g/mol. The fraction of sp³-hybridized carbons (Fsp3) is 0.200. The average Bonchev–Trinajstić information content (AvgIpc) is 2.37. The van der Waals surface area contributed by atoms with Gasteiger partial charge in [0.15, 0.2) is 0 Å². The normalized spacial score (nSPS) is 12.4. The zero-order chi connectivity index (χ0) is 12.1. The maximum absolute atomic E-state index is 5.74. The zero-order valence-corrected chi connectivity index (χ0v) is 11.0. The molecule has 2 N–H and O–H groups in total. The molecule has 2 rings (SSSR count). The van der Waals surface area contributed by atoms with E-state index in [1.54, 1.807) is 0 Å². The molecule has 2 aromatic carbocycles. The Bertz CT molecular complexity index is 467. The van der Waals surface area contributed by atoms with Gasteiger partial charge in [0.2, 0.25) is 0 Å². The Morgan fingerprint density at radius 2 is 1.65 bits per heavy atom. The van der Waals surface area contributed by atoms with Crippen LogP contribution in [0.5, 0.6) is 0 Å². The van der Waals surface area contributed by atoms with Crippen molar-refractivity contribution in [2.45, 2.75) is 12.3 Å². The van der Waals surface area contributed by atoms with Crippen molar-refractivity contribution in [3.8, 4) is 0 Å². The van der Waals surface area contributed by atoms with Gasteiger partial charge in [-0.3, -0.25) is 0 Å². The number of hydrogen-bond donors (Lipinski definition) is 1. The first-order valence-electron chi connectivity index (χ1n) is 5.91. The fourth-order valence-corrected chi connectivity index (χ4v) is 2.46. The van der Waals surface area contributed by atoms with Crippen molar-refractivity contribution >= 4 is 14.5 Å². The number of rotatable bonds is 4. The van der Waals surface area contributed by atoms with Crippen LogP contribution in [0, 0.1) is 0 Å². The van der Waals surface area contributed by atoms with Gasteiger partial charge in [-0.15, -0.1) is 9.24 Å². The van der Waals surface area contributed by atoms with Crippen LogP contribution in [0.3, 0.4) is 0 Å². The summed E-state index contributed by atoms with van der Waals surface area (Å²) in [5.41, 5.74) is 8.42. The molecule has 0 bridgehead atoms. The molecular weight excluding hydrogens is 225 g/mol. The van der Waals surface area contributed by atoms with Crippen LogP contribution in [0.1, 0.15) is 23.5 Å². The zero-order valence-electron chi connectivity index (χ0n) is 9.84. The third kappa shape index (κ3) is 3.15. The summed E-state index contributed by atoms with van der Waals surface area (Å²) in [6, 6.07) is 19.2. The molecule has 2 heteroatoms. The highest BCUT2D eigenvalue weighted by Crippen LogP contribution is 2.26. The van der Waals surface area contributed by atoms with E-state index >= 15 is 0 Å². The summed E-state index contributed by atoms with van der Waals surface area (Å²) in [6.45, 7) is 0.709. The van der Waals surface area contributed by atoms with Crippen LogP contribution in [0.2, 0.25) is 0 Å². The van der Waals surface area contributed by atoms with Crippen molar-refractivity contribution in [3.05, 3.63) is 65.7 Å². The Balaban J connectivity index is 2.35. The van der Waals surface area contributed by atoms with Gasteiger partial charge in [0.25, 0.3) is 0 Å². The third-order valence-corrected chi connectivity index (χ3v) is 3.33. The molecule has 0 fully saturated rings. The molecule has 2 aromatic rings. The van der Waals surface area contributed by atoms with Crippen LogP contribution >= 0.6 is 9.24 Å². The third-order valence-electron chi connectivity index (χ3n) is 2.97. The molecule has 17 heavy (non-hydrogen) atoms. The molecule has 0 amide bonds. The van der Waals surface area contributed by atoms with Crippen molar-refractivity contribution in [3.63, 3.8) is 0 Å². The Kier molecular flexibility index (Phi) is 4.30. The van der Waals surface area contributed by atoms with Crippen LogP contribution in [0.15, 0.2) is 54.6 Å². The molecular formula is C15H18NP. The van der Waals surface area contributed by atoms with E-state index in [0.29, 0.717) is 12.5 Å². The second kappa shape index (κ2) is 5.95. The number of hydrogen-bond acceptors (Lipinski definition) is 1. The summed E-state index contributed by atoms with van der Waals surface area (Å²) in [4.78, 5) is 0. The first-order valence-corrected chi connectivity index (χ1v) is 6.49. The van der Waals surface area contributed by atoms with E-state index in [4.69, 9.17) is 5.73 Å². The Morgan fingerprint density at radius 1 is 0.941 bits per heavy atom. The molecule has 0 saturated heterocycles. The molecule has 0 spiro atoms. The van der Waals surface area contributed by atoms with Crippen molar-refractivity contribution in [1.82, 2.24) is 0 Å². The number of benzene rings is 2. The highest BCUT2D eigenvalue weighted by atomic mass is 31.0. The van der Waals surface area contributed by atoms with Gasteiger partial charge >= 0.3 is 0 Å². The van der Waals surface area contributed by atoms with Gasteiger partial charge < -0.3 is 5.73 Å². The molecule has 2 unspecified atom stereocenters. The minimum Gasteiger partial charge on any atom is -0.330 e. The lowest BCUT2D eigenvalue weighted by molar-refractivity contribution is 0.727. The summed E-state index contributed by atoms with van der Waals surface area (Å²) < 4.78 is 0. The Labute approximate surface area is 105 Å². The molecule has 88 valence electrons. The minimum atomic E-state index is 0.404. The summed E-state index contributed by atoms with van der Waals surface area (Å²) in [5.74, 6) is 0.404. The maximum Gasteiger partial charge on any atom is 0.0102 e. The largest absolute Gasteiger partial charge is 0.330 e. The van der Waals surface area contributed by atoms with E-state index in [1.807, 2.05) is 0 Å². The topological polar surface area (TPSA) is 26.0 Å². The lowest BCUT2D eigenvalue weighted by Crippen LogP contribution is -2.10. The second-order valence-electron chi connectivity index (χ2n) is 4.21. The molecule has 0 radical (unpaired) electrons. The monoisotopic (exact) mass is 243 g/mol. The predicted molar refractivity (Wildman–Crippen MR) is 77.7 cm³/mol. The SMILES string of the molecule is NCCC(c1ccccc1)c1cccc(P)c1. The van der Waals surface area contributed by atoms with Crippen molar-refractivity contribution in [2.24, 2.45) is 5.73 Å². The standard InChI is InChI=1S/C15H18NP/c16-10-9-15(12-5-2-1-3-6-12)13-7-4-8-14(17)11-13/h1-8,11,15H,9-10,16-17H2. The maximum atomic E-state index is 5.74. The van der Waals surface area contributed by atoms with Crippen LogP contribution in [-0.4, -0.2) is 6.54 Å². The van der Waals surface area contributed by atoms with Crippen LogP contribution in [0.4, 0.5) is 0 Å². The van der Waals surface area contributed by atoms with Crippen molar-refractivity contribution in [2.75, 3.05) is 6.54 Å². The molecule has 1 nitrogen and oxygen atoms in total. The van der Waals surface area contributed by atoms with E-state index in [9.17, 15) is 0 Å². The second-order valence-corrected chi connectivity index (χ2v) is 4.88. The molecule has 0 heterocycles. The van der Waals surface area contributed by atoms with Gasteiger partial charge in [0, 0.05) is 5.92 Å². The van der Waals surface area contributed by atoms with Crippen LogP contribution in [0.25, 0.3) is 0 Å². The summed E-state index contributed by atoms with van der Waals surface area (Å²) >= 11 is 0. The Morgan fingerprint density at radius 3 is 2.29 bits per heavy atom. The minimum absolute atomic E-state index is 0.404. The molecule has 2 atom stereocenters. The smallest absolute Gasteiger partial charge is 0.0102 e. The molecule has 0 aliphatic heterocycles. The van der Waals surface area contributed by atoms with Gasteiger partial charge in [0.05, 0.1) is 0 Å². The highest BCUT2D eigenvalue weighted by molar-refractivity contribution is 7.27. The first-order chi connectivity index (χ1) is 8.31. The van der Waals surface area contributed by atoms with Crippen LogP contribution in [-0.2, 0) is 0 Å². The highest BCUT2D eigenvalue weighted by Gasteiger charge is 2.12. The molecule has 0 aliphatic rings. The van der Waals surface area contributed by atoms with Crippen molar-refractivity contribution in [1.29, 1.82) is 0 Å². The van der Waals surface area contributed by atoms with E-state index < -0.39 is 0 Å². The Hall–Kier alpha value is -1.17. The van der Waals surface area contributed by atoms with Gasteiger partial charge in [-0.05, 0) is 29.4 Å². The van der Waals surface area contributed by atoms with Gasteiger partial charge in [-0.25, -0.2) is 0 Å². The molecule has 0 saturated carbocycles. The summed E-state index contributed by atoms with van der Waals surface area (Å²) in [6.07, 6.45) is 0.984. The van der Waals surface area contributed by atoms with Gasteiger partial charge in [-0.1, -0.05) is 54.6 Å². The van der Waals surface area contributed by atoms with Gasteiger partial charge in [0.1, 0.15) is 0 Å². The summed E-state index contributed by atoms with van der Waals surface area (Å²) in [7, 11) is 2.75. The van der Waals surface area contributed by atoms with Crippen LogP contribution < -0.4 is 11.0 Å². The molecule has 0 aromatic heterocycles. The number of nitrogens with two attached hydrogens (primary N) is 1.